The number of benzene rings is 1. The van der Waals surface area contributed by atoms with Gasteiger partial charge in [-0.3, -0.25) is 4.79 Å². The van der Waals surface area contributed by atoms with E-state index in [0.717, 1.165) is 18.5 Å². The van der Waals surface area contributed by atoms with Gasteiger partial charge in [0, 0.05) is 6.42 Å². The molecule has 1 amide bonds. The molecule has 1 N–H and O–H groups in total. The van der Waals surface area contributed by atoms with E-state index >= 15 is 0 Å². The number of rotatable bonds is 3. The van der Waals surface area contributed by atoms with Gasteiger partial charge in [0.15, 0.2) is 0 Å². The van der Waals surface area contributed by atoms with E-state index in [1.165, 1.54) is 12.1 Å². The second-order valence-electron chi connectivity index (χ2n) is 5.85. The van der Waals surface area contributed by atoms with E-state index in [1.54, 1.807) is 12.1 Å². The Hall–Kier alpha value is -2.19. The molecule has 130 valence electrons. The first-order valence-corrected chi connectivity index (χ1v) is 8.98. The summed E-state index contributed by atoms with van der Waals surface area (Å²) in [6.45, 7) is 2.70. The lowest BCUT2D eigenvalue weighted by Gasteiger charge is -2.05. The molecule has 1 aromatic carbocycles. The molecule has 7 nitrogen and oxygen atoms in total. The second-order valence-corrected chi connectivity index (χ2v) is 7.23. The average molecular weight is 351 g/mol. The Morgan fingerprint density at radius 1 is 1.33 bits per heavy atom. The van der Waals surface area contributed by atoms with Gasteiger partial charge in [0.25, 0.3) is 0 Å². The predicted molar refractivity (Wildman–Crippen MR) is 85.9 cm³/mol. The van der Waals surface area contributed by atoms with Gasteiger partial charge in [-0.15, -0.1) is 0 Å². The van der Waals surface area contributed by atoms with Crippen LogP contribution in [0.3, 0.4) is 0 Å². The van der Waals surface area contributed by atoms with Crippen LogP contribution in [0.1, 0.15) is 18.4 Å². The topological polar surface area (TPSA) is 95.1 Å². The van der Waals surface area contributed by atoms with Crippen molar-refractivity contribution < 1.29 is 22.3 Å². The largest absolute Gasteiger partial charge is 0.744 e. The number of imidazole rings is 1. The zero-order valence-electron chi connectivity index (χ0n) is 13.7. The molecule has 1 aliphatic heterocycles. The van der Waals surface area contributed by atoms with Crippen molar-refractivity contribution in [1.29, 1.82) is 0 Å². The van der Waals surface area contributed by atoms with Crippen LogP contribution < -0.4 is 9.88 Å². The van der Waals surface area contributed by atoms with Gasteiger partial charge in [-0.2, -0.15) is 0 Å². The molecular weight excluding hydrogens is 330 g/mol. The maximum Gasteiger partial charge on any atom is 0.243 e. The Labute approximate surface area is 141 Å². The summed E-state index contributed by atoms with van der Waals surface area (Å²) in [6.07, 6.45) is 7.67. The number of nitrogens with zero attached hydrogens (tertiary/aromatic N) is 2. The summed E-state index contributed by atoms with van der Waals surface area (Å²) in [5.74, 6) is 0.182. The Balaban J connectivity index is 0.000000177. The predicted octanol–water partition coefficient (Wildman–Crippen LogP) is 0.490. The molecule has 0 unspecified atom stereocenters. The summed E-state index contributed by atoms with van der Waals surface area (Å²) >= 11 is 0. The third-order valence-corrected chi connectivity index (χ3v) is 4.50. The van der Waals surface area contributed by atoms with Crippen molar-refractivity contribution in [2.45, 2.75) is 37.2 Å². The highest BCUT2D eigenvalue weighted by atomic mass is 32.2. The van der Waals surface area contributed by atoms with E-state index in [4.69, 9.17) is 0 Å². The molecule has 1 fully saturated rings. The number of hydrogen-bond donors (Lipinski definition) is 1. The number of hydrogen-bond acceptors (Lipinski definition) is 4. The number of aromatic nitrogens is 2. The molecule has 8 heteroatoms. The molecule has 0 spiro atoms. The van der Waals surface area contributed by atoms with Crippen LogP contribution in [-0.4, -0.2) is 29.5 Å². The van der Waals surface area contributed by atoms with Gasteiger partial charge in [0.2, 0.25) is 12.2 Å². The van der Waals surface area contributed by atoms with Crippen LogP contribution in [-0.2, 0) is 28.5 Å². The number of aryl methyl sites for hydroxylation is 2. The summed E-state index contributed by atoms with van der Waals surface area (Å²) in [5, 5.41) is 2.94. The Morgan fingerprint density at radius 2 is 2.00 bits per heavy atom. The second kappa shape index (κ2) is 7.59. The molecule has 0 radical (unpaired) electrons. The average Bonchev–Trinajstić information content (AvgIpc) is 3.08. The molecule has 2 aromatic rings. The van der Waals surface area contributed by atoms with Gasteiger partial charge in [-0.25, -0.2) is 17.6 Å². The molecule has 1 aromatic heterocycles. The molecular formula is C16H21N3O4S. The summed E-state index contributed by atoms with van der Waals surface area (Å²) in [5.41, 5.74) is 0.928. The van der Waals surface area contributed by atoms with Gasteiger partial charge < -0.3 is 9.87 Å². The maximum atomic E-state index is 10.9. The van der Waals surface area contributed by atoms with Gasteiger partial charge in [0.05, 0.1) is 18.0 Å². The van der Waals surface area contributed by atoms with E-state index < -0.39 is 10.1 Å². The zero-order valence-corrected chi connectivity index (χ0v) is 14.5. The van der Waals surface area contributed by atoms with E-state index in [9.17, 15) is 17.8 Å². The van der Waals surface area contributed by atoms with E-state index in [1.807, 2.05) is 37.3 Å². The van der Waals surface area contributed by atoms with Crippen molar-refractivity contribution in [3.63, 3.8) is 0 Å². The molecule has 0 aliphatic carbocycles. The minimum absolute atomic E-state index is 0.178. The molecule has 1 saturated heterocycles. The van der Waals surface area contributed by atoms with Crippen molar-refractivity contribution in [1.82, 2.24) is 9.88 Å². The molecule has 0 bridgehead atoms. The van der Waals surface area contributed by atoms with Crippen LogP contribution in [0.25, 0.3) is 0 Å². The lowest BCUT2D eigenvalue weighted by molar-refractivity contribution is -0.671. The summed E-state index contributed by atoms with van der Waals surface area (Å²) in [7, 11) is -2.28. The van der Waals surface area contributed by atoms with Gasteiger partial charge in [-0.1, -0.05) is 17.7 Å². The van der Waals surface area contributed by atoms with Gasteiger partial charge in [-0.05, 0) is 25.5 Å². The van der Waals surface area contributed by atoms with E-state index in [0.29, 0.717) is 12.5 Å². The van der Waals surface area contributed by atoms with Crippen LogP contribution in [0.15, 0.2) is 47.9 Å². The van der Waals surface area contributed by atoms with Gasteiger partial charge in [0.1, 0.15) is 29.1 Å². The lowest BCUT2D eigenvalue weighted by atomic mass is 10.2. The fraction of sp³-hybridized carbons (Fsp3) is 0.375. The third-order valence-electron chi connectivity index (χ3n) is 3.65. The fourth-order valence-corrected chi connectivity index (χ4v) is 2.85. The minimum Gasteiger partial charge on any atom is -0.744 e. The van der Waals surface area contributed by atoms with Crippen LogP contribution in [0, 0.1) is 6.92 Å². The Bertz CT molecular complexity index is 797. The van der Waals surface area contributed by atoms with Crippen molar-refractivity contribution in [2.24, 2.45) is 7.05 Å². The maximum absolute atomic E-state index is 10.9. The Kier molecular flexibility index (Phi) is 5.74. The van der Waals surface area contributed by atoms with Crippen LogP contribution in [0.4, 0.5) is 0 Å². The van der Waals surface area contributed by atoms with E-state index in [2.05, 4.69) is 9.88 Å². The number of carbonyl (C=O) groups excluding carboxylic acids is 1. The smallest absolute Gasteiger partial charge is 0.243 e. The minimum atomic E-state index is -4.27. The van der Waals surface area contributed by atoms with Crippen LogP contribution in [0.2, 0.25) is 0 Å². The first kappa shape index (κ1) is 18.2. The first-order chi connectivity index (χ1) is 11.2. The van der Waals surface area contributed by atoms with Crippen LogP contribution >= 0.6 is 0 Å². The first-order valence-electron chi connectivity index (χ1n) is 7.57. The molecule has 2 heterocycles. The highest BCUT2D eigenvalue weighted by Gasteiger charge is 2.22. The highest BCUT2D eigenvalue weighted by Crippen LogP contribution is 2.09. The van der Waals surface area contributed by atoms with Crippen LogP contribution in [0.5, 0.6) is 0 Å². The lowest BCUT2D eigenvalue weighted by Crippen LogP contribution is -2.30. The molecule has 24 heavy (non-hydrogen) atoms. The molecule has 1 atom stereocenters. The van der Waals surface area contributed by atoms with Crippen molar-refractivity contribution in [3.05, 3.63) is 48.5 Å². The fourth-order valence-electron chi connectivity index (χ4n) is 2.38. The molecule has 3 rings (SSSR count). The monoisotopic (exact) mass is 351 g/mol. The number of nitrogens with one attached hydrogen (secondary N) is 1. The van der Waals surface area contributed by atoms with Crippen molar-refractivity contribution in [2.75, 3.05) is 0 Å². The highest BCUT2D eigenvalue weighted by molar-refractivity contribution is 7.85. The quantitative estimate of drug-likeness (QED) is 0.643. The SMILES string of the molecule is C[n+]1ccn(C[C@@H]2CCC(=O)N2)c1.Cc1ccc(S(=O)(=O)[O-])cc1. The zero-order chi connectivity index (χ0) is 17.7. The summed E-state index contributed by atoms with van der Waals surface area (Å²) in [6, 6.07) is 6.10. The van der Waals surface area contributed by atoms with Crippen molar-refractivity contribution in [3.8, 4) is 0 Å². The normalized spacial score (nSPS) is 17.1. The van der Waals surface area contributed by atoms with Gasteiger partial charge >= 0.3 is 0 Å². The number of amides is 1. The number of carbonyl (C=O) groups is 1. The van der Waals surface area contributed by atoms with Crippen molar-refractivity contribution >= 4 is 16.0 Å². The molecule has 0 saturated carbocycles. The molecule has 1 aliphatic rings. The Morgan fingerprint density at radius 3 is 2.46 bits per heavy atom. The summed E-state index contributed by atoms with van der Waals surface area (Å²) < 4.78 is 35.3. The van der Waals surface area contributed by atoms with E-state index in [-0.39, 0.29) is 10.8 Å². The summed E-state index contributed by atoms with van der Waals surface area (Å²) in [4.78, 5) is 10.7. The third kappa shape index (κ3) is 5.47. The standard InChI is InChI=1S/C9H13N3O.C7H8O3S/c1-11-4-5-12(7-11)6-8-2-3-9(13)10-8;1-6-2-4-7(5-3-6)11(8,9)10/h4-5,7-8H,2-3,6H2,1H3;2-5H,1H3,(H,8,9,10)/t8-;/m0./s1.